The Hall–Kier alpha value is 0.180. The van der Waals surface area contributed by atoms with Gasteiger partial charge >= 0.3 is 0 Å². The third-order valence-corrected chi connectivity index (χ3v) is 6.65. The number of nitrogens with one attached hydrogen (secondary N) is 1. The van der Waals surface area contributed by atoms with Crippen LogP contribution in [0.1, 0.15) is 4.88 Å². The smallest absolute Gasteiger partial charge is 0.211 e. The third-order valence-electron chi connectivity index (χ3n) is 2.52. The van der Waals surface area contributed by atoms with Gasteiger partial charge in [-0.15, -0.1) is 11.3 Å². The van der Waals surface area contributed by atoms with Gasteiger partial charge in [0.05, 0.1) is 14.4 Å². The largest absolute Gasteiger partial charge is 0.243 e. The first-order chi connectivity index (χ1) is 9.79. The maximum Gasteiger partial charge on any atom is 0.243 e. The van der Waals surface area contributed by atoms with Crippen LogP contribution in [0.4, 0.5) is 0 Å². The molecule has 9 heteroatoms. The van der Waals surface area contributed by atoms with Crippen molar-refractivity contribution in [2.45, 2.75) is 11.3 Å². The van der Waals surface area contributed by atoms with E-state index in [2.05, 4.69) is 20.7 Å². The summed E-state index contributed by atoms with van der Waals surface area (Å²) in [5, 5.41) is 0.141. The summed E-state index contributed by atoms with van der Waals surface area (Å²) in [4.78, 5) is 0.883. The molecule has 21 heavy (non-hydrogen) atoms. The molecule has 0 unspecified atom stereocenters. The summed E-state index contributed by atoms with van der Waals surface area (Å²) in [6.07, 6.45) is 0.544. The summed E-state index contributed by atoms with van der Waals surface area (Å²) in [6, 6.07) is 6.61. The molecule has 0 bridgehead atoms. The molecule has 0 aliphatic heterocycles. The first kappa shape index (κ1) is 17.5. The van der Waals surface area contributed by atoms with Gasteiger partial charge in [-0.1, -0.05) is 50.7 Å². The van der Waals surface area contributed by atoms with Gasteiger partial charge in [0.1, 0.15) is 4.90 Å². The normalized spacial score (nSPS) is 11.8. The molecular formula is C12H9BrCl3NO2S2. The Bertz CT molecular complexity index is 739. The molecular weight excluding hydrogens is 441 g/mol. The van der Waals surface area contributed by atoms with Gasteiger partial charge in [-0.2, -0.15) is 0 Å². The van der Waals surface area contributed by atoms with E-state index >= 15 is 0 Å². The second kappa shape index (κ2) is 7.17. The van der Waals surface area contributed by atoms with Crippen molar-refractivity contribution < 1.29 is 8.42 Å². The number of hydrogen-bond acceptors (Lipinski definition) is 3. The van der Waals surface area contributed by atoms with Crippen molar-refractivity contribution in [1.82, 2.24) is 4.72 Å². The fourth-order valence-electron chi connectivity index (χ4n) is 1.65. The number of sulfonamides is 1. The third kappa shape index (κ3) is 4.58. The molecule has 0 aliphatic rings. The van der Waals surface area contributed by atoms with Crippen LogP contribution in [0.15, 0.2) is 33.6 Å². The quantitative estimate of drug-likeness (QED) is 0.699. The van der Waals surface area contributed by atoms with Gasteiger partial charge in [0.15, 0.2) is 0 Å². The Labute approximate surface area is 150 Å². The van der Waals surface area contributed by atoms with Crippen LogP contribution in [0.25, 0.3) is 0 Å². The Kier molecular flexibility index (Phi) is 5.99. The van der Waals surface area contributed by atoms with Gasteiger partial charge in [0, 0.05) is 15.9 Å². The van der Waals surface area contributed by atoms with Crippen molar-refractivity contribution in [2.24, 2.45) is 0 Å². The van der Waals surface area contributed by atoms with E-state index in [1.54, 1.807) is 6.07 Å². The van der Waals surface area contributed by atoms with Gasteiger partial charge in [0.25, 0.3) is 0 Å². The molecule has 0 saturated carbocycles. The molecule has 0 aliphatic carbocycles. The summed E-state index contributed by atoms with van der Waals surface area (Å²) in [7, 11) is -3.76. The highest BCUT2D eigenvalue weighted by Gasteiger charge is 2.22. The number of thiophene rings is 1. The summed E-state index contributed by atoms with van der Waals surface area (Å²) < 4.78 is 28.3. The first-order valence-electron chi connectivity index (χ1n) is 5.68. The van der Waals surface area contributed by atoms with Gasteiger partial charge in [-0.3, -0.25) is 0 Å². The lowest BCUT2D eigenvalue weighted by Gasteiger charge is -2.10. The van der Waals surface area contributed by atoms with Gasteiger partial charge in [-0.25, -0.2) is 13.1 Å². The second-order valence-corrected chi connectivity index (χ2v) is 9.29. The lowest BCUT2D eigenvalue weighted by molar-refractivity contribution is 0.582. The zero-order valence-corrected chi connectivity index (χ0v) is 15.9. The second-order valence-electron chi connectivity index (χ2n) is 4.05. The van der Waals surface area contributed by atoms with Crippen LogP contribution in [0.5, 0.6) is 0 Å². The minimum atomic E-state index is -3.76. The van der Waals surface area contributed by atoms with Crippen LogP contribution in [-0.4, -0.2) is 15.0 Å². The number of rotatable bonds is 5. The van der Waals surface area contributed by atoms with Crippen LogP contribution in [-0.2, 0) is 16.4 Å². The molecule has 0 radical (unpaired) electrons. The predicted molar refractivity (Wildman–Crippen MR) is 92.4 cm³/mol. The van der Waals surface area contributed by atoms with Crippen LogP contribution in [0.3, 0.4) is 0 Å². The molecule has 0 spiro atoms. The summed E-state index contributed by atoms with van der Waals surface area (Å²) in [6.45, 7) is 0.238. The lowest BCUT2D eigenvalue weighted by Crippen LogP contribution is -2.26. The molecule has 114 valence electrons. The molecule has 0 saturated heterocycles. The SMILES string of the molecule is O=S(=O)(NCCc1ccc(Cl)s1)c1c(Cl)cc(Br)cc1Cl. The summed E-state index contributed by atoms with van der Waals surface area (Å²) in [5.41, 5.74) is 0. The molecule has 1 aromatic carbocycles. The van der Waals surface area contributed by atoms with Crippen molar-refractivity contribution >= 4 is 72.1 Å². The first-order valence-corrected chi connectivity index (χ1v) is 9.90. The molecule has 2 aromatic rings. The van der Waals surface area contributed by atoms with E-state index < -0.39 is 10.0 Å². The van der Waals surface area contributed by atoms with Gasteiger partial charge < -0.3 is 0 Å². The van der Waals surface area contributed by atoms with E-state index in [0.717, 1.165) is 4.88 Å². The summed E-state index contributed by atoms with van der Waals surface area (Å²) >= 11 is 22.4. The predicted octanol–water partition coefficient (Wildman–Crippen LogP) is 4.99. The Morgan fingerprint density at radius 1 is 1.14 bits per heavy atom. The molecule has 0 atom stereocenters. The fraction of sp³-hybridized carbons (Fsp3) is 0.167. The minimum Gasteiger partial charge on any atom is -0.211 e. The maximum atomic E-state index is 12.3. The highest BCUT2D eigenvalue weighted by atomic mass is 79.9. The average Bonchev–Trinajstić information content (AvgIpc) is 2.72. The average molecular weight is 450 g/mol. The van der Waals surface area contributed by atoms with Crippen molar-refractivity contribution in [3.8, 4) is 0 Å². The monoisotopic (exact) mass is 447 g/mol. The van der Waals surface area contributed by atoms with Crippen LogP contribution < -0.4 is 4.72 Å². The Morgan fingerprint density at radius 3 is 2.29 bits per heavy atom. The number of benzene rings is 1. The Balaban J connectivity index is 2.12. The van der Waals surface area contributed by atoms with Crippen molar-refractivity contribution in [1.29, 1.82) is 0 Å². The maximum absolute atomic E-state index is 12.3. The van der Waals surface area contributed by atoms with E-state index in [-0.39, 0.29) is 21.5 Å². The number of halogens is 4. The molecule has 1 heterocycles. The molecule has 0 amide bonds. The van der Waals surface area contributed by atoms with Crippen LogP contribution in [0, 0.1) is 0 Å². The molecule has 1 N–H and O–H groups in total. The minimum absolute atomic E-state index is 0.0704. The van der Waals surface area contributed by atoms with Gasteiger partial charge in [0.2, 0.25) is 10.0 Å². The zero-order valence-electron chi connectivity index (χ0n) is 10.4. The van der Waals surface area contributed by atoms with Crippen molar-refractivity contribution in [3.05, 3.63) is 48.0 Å². The summed E-state index contributed by atoms with van der Waals surface area (Å²) in [5.74, 6) is 0. The lowest BCUT2D eigenvalue weighted by atomic mass is 10.3. The standard InChI is InChI=1S/C12H9BrCl3NO2S2/c13-7-5-9(14)12(10(15)6-7)21(18,19)17-4-3-8-1-2-11(16)20-8/h1-2,5-6,17H,3-4H2. The molecule has 2 rings (SSSR count). The van der Waals surface area contributed by atoms with Gasteiger partial charge in [-0.05, 0) is 30.7 Å². The van der Waals surface area contributed by atoms with E-state index in [9.17, 15) is 8.42 Å². The van der Waals surface area contributed by atoms with Crippen molar-refractivity contribution in [3.63, 3.8) is 0 Å². The molecule has 0 fully saturated rings. The van der Waals surface area contributed by atoms with E-state index in [1.807, 2.05) is 6.07 Å². The fourth-order valence-corrected chi connectivity index (χ4v) is 5.70. The highest BCUT2D eigenvalue weighted by molar-refractivity contribution is 9.10. The molecule has 1 aromatic heterocycles. The topological polar surface area (TPSA) is 46.2 Å². The number of hydrogen-bond donors (Lipinski definition) is 1. The van der Waals surface area contributed by atoms with E-state index in [0.29, 0.717) is 15.2 Å². The van der Waals surface area contributed by atoms with E-state index in [4.69, 9.17) is 34.8 Å². The van der Waals surface area contributed by atoms with Crippen molar-refractivity contribution in [2.75, 3.05) is 6.54 Å². The van der Waals surface area contributed by atoms with Crippen LogP contribution in [0.2, 0.25) is 14.4 Å². The van der Waals surface area contributed by atoms with E-state index in [1.165, 1.54) is 23.5 Å². The Morgan fingerprint density at radius 2 is 1.76 bits per heavy atom. The zero-order chi connectivity index (χ0) is 15.6. The molecule has 3 nitrogen and oxygen atoms in total. The van der Waals surface area contributed by atoms with Crippen LogP contribution >= 0.6 is 62.1 Å². The highest BCUT2D eigenvalue weighted by Crippen LogP contribution is 2.32.